The number of fused-ring (bicyclic) bond motifs is 2. The fourth-order valence-corrected chi connectivity index (χ4v) is 6.06. The van der Waals surface area contributed by atoms with E-state index in [1.54, 1.807) is 45.8 Å². The van der Waals surface area contributed by atoms with Crippen molar-refractivity contribution in [2.45, 2.75) is 12.5 Å². The van der Waals surface area contributed by atoms with Gasteiger partial charge in [-0.25, -0.2) is 0 Å². The first-order chi connectivity index (χ1) is 13.1. The first kappa shape index (κ1) is 17.1. The second-order valence-corrected chi connectivity index (χ2v) is 9.20. The molecule has 5 rings (SSSR count). The van der Waals surface area contributed by atoms with Crippen LogP contribution in [0.4, 0.5) is 5.69 Å². The van der Waals surface area contributed by atoms with E-state index in [0.29, 0.717) is 22.9 Å². The van der Waals surface area contributed by atoms with E-state index in [0.717, 1.165) is 13.0 Å². The third-order valence-electron chi connectivity index (χ3n) is 5.29. The average molecular weight is 416 g/mol. The third kappa shape index (κ3) is 2.75. The summed E-state index contributed by atoms with van der Waals surface area (Å²) in [5.41, 5.74) is 2.42. The Kier molecular flexibility index (Phi) is 4.16. The molecule has 3 aromatic rings. The summed E-state index contributed by atoms with van der Waals surface area (Å²) >= 11 is 9.57. The third-order valence-corrected chi connectivity index (χ3v) is 7.46. The molecule has 0 spiro atoms. The quantitative estimate of drug-likeness (QED) is 0.667. The van der Waals surface area contributed by atoms with Gasteiger partial charge in [0.25, 0.3) is 5.78 Å². The smallest absolute Gasteiger partial charge is 0.303 e. The van der Waals surface area contributed by atoms with Gasteiger partial charge >= 0.3 is 5.91 Å². The van der Waals surface area contributed by atoms with Crippen LogP contribution in [0.2, 0.25) is 5.02 Å². The standard InChI is InChI=1S/C20H15ClN2O2S2/c21-12-3-4-15-14(10-12)19(24)20(25)23(15)11-22-7-5-16-13(6-9-27-16)18(22)17-2-1-8-26-17/h1-4,6,8-10,18H,5,7,11H2/p+1/t18-/m0/s1. The zero-order valence-corrected chi connectivity index (χ0v) is 16.7. The van der Waals surface area contributed by atoms with Gasteiger partial charge in [0.05, 0.1) is 22.7 Å². The number of hydrogen-bond acceptors (Lipinski definition) is 4. The van der Waals surface area contributed by atoms with E-state index in [9.17, 15) is 9.59 Å². The van der Waals surface area contributed by atoms with Crippen molar-refractivity contribution in [2.24, 2.45) is 0 Å². The van der Waals surface area contributed by atoms with Crippen LogP contribution in [0.5, 0.6) is 0 Å². The SMILES string of the molecule is O=C1C(=O)N(C[NH+]2CCc3sccc3[C@H]2c2cccs2)c2ccc(Cl)cc21. The lowest BCUT2D eigenvalue weighted by Crippen LogP contribution is -3.15. The number of carbonyl (C=O) groups is 2. The van der Waals surface area contributed by atoms with Crippen molar-refractivity contribution in [3.63, 3.8) is 0 Å². The summed E-state index contributed by atoms with van der Waals surface area (Å²) < 4.78 is 0. The second-order valence-electron chi connectivity index (χ2n) is 6.79. The fourth-order valence-electron chi connectivity index (χ4n) is 4.06. The number of hydrogen-bond donors (Lipinski definition) is 1. The van der Waals surface area contributed by atoms with Crippen LogP contribution < -0.4 is 9.80 Å². The van der Waals surface area contributed by atoms with E-state index in [4.69, 9.17) is 11.6 Å². The number of anilines is 1. The topological polar surface area (TPSA) is 41.8 Å². The number of nitrogens with zero attached hydrogens (tertiary/aromatic N) is 1. The summed E-state index contributed by atoms with van der Waals surface area (Å²) in [5.74, 6) is -0.923. The number of halogens is 1. The molecule has 27 heavy (non-hydrogen) atoms. The summed E-state index contributed by atoms with van der Waals surface area (Å²) in [6, 6.07) is 11.7. The van der Waals surface area contributed by atoms with Crippen molar-refractivity contribution in [3.8, 4) is 0 Å². The molecule has 0 bridgehead atoms. The van der Waals surface area contributed by atoms with Gasteiger partial charge in [0.15, 0.2) is 12.7 Å². The van der Waals surface area contributed by atoms with E-state index in [1.165, 1.54) is 20.2 Å². The Morgan fingerprint density at radius 3 is 2.85 bits per heavy atom. The highest BCUT2D eigenvalue weighted by atomic mass is 35.5. The number of amides is 1. The molecule has 1 unspecified atom stereocenters. The number of rotatable bonds is 3. The molecular weight excluding hydrogens is 400 g/mol. The molecule has 0 radical (unpaired) electrons. The first-order valence-electron chi connectivity index (χ1n) is 8.73. The molecule has 0 aliphatic carbocycles. The molecule has 4 heterocycles. The predicted octanol–water partition coefficient (Wildman–Crippen LogP) is 3.18. The Balaban J connectivity index is 1.52. The van der Waals surface area contributed by atoms with Crippen LogP contribution in [-0.4, -0.2) is 24.9 Å². The number of Topliss-reactive ketones (excluding diaryl/α,β-unsaturated/α-hetero) is 1. The normalized spacial score (nSPS) is 21.4. The van der Waals surface area contributed by atoms with Crippen LogP contribution in [0.15, 0.2) is 47.2 Å². The van der Waals surface area contributed by atoms with Crippen LogP contribution >= 0.6 is 34.3 Å². The maximum Gasteiger partial charge on any atom is 0.303 e. The molecule has 2 aliphatic rings. The molecule has 2 aliphatic heterocycles. The summed E-state index contributed by atoms with van der Waals surface area (Å²) in [7, 11) is 0. The van der Waals surface area contributed by atoms with Gasteiger partial charge in [-0.1, -0.05) is 17.7 Å². The van der Waals surface area contributed by atoms with Gasteiger partial charge in [-0.3, -0.25) is 14.5 Å². The van der Waals surface area contributed by atoms with Crippen molar-refractivity contribution in [2.75, 3.05) is 18.1 Å². The Bertz CT molecular complexity index is 1040. The van der Waals surface area contributed by atoms with Crippen molar-refractivity contribution in [1.82, 2.24) is 0 Å². The van der Waals surface area contributed by atoms with E-state index in [-0.39, 0.29) is 6.04 Å². The number of nitrogens with one attached hydrogen (secondary N) is 1. The number of quaternary nitrogens is 1. The minimum atomic E-state index is -0.465. The molecule has 1 N–H and O–H groups in total. The van der Waals surface area contributed by atoms with Crippen molar-refractivity contribution in [1.29, 1.82) is 0 Å². The monoisotopic (exact) mass is 415 g/mol. The fraction of sp³-hybridized carbons (Fsp3) is 0.200. The van der Waals surface area contributed by atoms with Crippen LogP contribution in [-0.2, 0) is 11.2 Å². The molecule has 2 atom stereocenters. The van der Waals surface area contributed by atoms with Crippen LogP contribution in [0.25, 0.3) is 0 Å². The van der Waals surface area contributed by atoms with Crippen LogP contribution in [0.3, 0.4) is 0 Å². The summed E-state index contributed by atoms with van der Waals surface area (Å²) in [4.78, 5) is 30.7. The van der Waals surface area contributed by atoms with Gasteiger partial charge in [0, 0.05) is 21.9 Å². The number of thiophene rings is 2. The largest absolute Gasteiger partial charge is 0.306 e. The van der Waals surface area contributed by atoms with Gasteiger partial charge in [-0.15, -0.1) is 22.7 Å². The zero-order chi connectivity index (χ0) is 18.5. The molecule has 1 aromatic carbocycles. The Hall–Kier alpha value is -1.99. The van der Waals surface area contributed by atoms with Gasteiger partial charge < -0.3 is 4.90 Å². The molecule has 2 aromatic heterocycles. The lowest BCUT2D eigenvalue weighted by molar-refractivity contribution is -0.926. The lowest BCUT2D eigenvalue weighted by atomic mass is 9.99. The summed E-state index contributed by atoms with van der Waals surface area (Å²) in [5, 5.41) is 4.72. The summed E-state index contributed by atoms with van der Waals surface area (Å²) in [6.07, 6.45) is 0.994. The van der Waals surface area contributed by atoms with Gasteiger partial charge in [-0.2, -0.15) is 0 Å². The first-order valence-corrected chi connectivity index (χ1v) is 10.9. The van der Waals surface area contributed by atoms with Gasteiger partial charge in [0.1, 0.15) is 0 Å². The minimum Gasteiger partial charge on any atom is -0.306 e. The maximum atomic E-state index is 12.7. The highest BCUT2D eigenvalue weighted by molar-refractivity contribution is 7.10. The van der Waals surface area contributed by atoms with E-state index in [1.807, 2.05) is 0 Å². The molecule has 0 saturated heterocycles. The number of carbonyl (C=O) groups excluding carboxylic acids is 2. The molecule has 1 amide bonds. The minimum absolute atomic E-state index is 0.194. The van der Waals surface area contributed by atoms with Gasteiger partial charge in [0.2, 0.25) is 0 Å². The second kappa shape index (κ2) is 6.56. The number of ketones is 1. The predicted molar refractivity (Wildman–Crippen MR) is 108 cm³/mol. The van der Waals surface area contributed by atoms with Crippen LogP contribution in [0, 0.1) is 0 Å². The van der Waals surface area contributed by atoms with Crippen LogP contribution in [0.1, 0.15) is 31.7 Å². The molecule has 0 saturated carbocycles. The van der Waals surface area contributed by atoms with Crippen molar-refractivity contribution >= 4 is 51.7 Å². The van der Waals surface area contributed by atoms with Gasteiger partial charge in [-0.05, 0) is 41.1 Å². The molecule has 136 valence electrons. The highest BCUT2D eigenvalue weighted by Crippen LogP contribution is 2.33. The molecule has 0 fully saturated rings. The summed E-state index contributed by atoms with van der Waals surface area (Å²) in [6.45, 7) is 1.40. The van der Waals surface area contributed by atoms with Crippen molar-refractivity contribution < 1.29 is 14.5 Å². The Morgan fingerprint density at radius 2 is 2.04 bits per heavy atom. The lowest BCUT2D eigenvalue weighted by Gasteiger charge is -2.34. The molecule has 4 nitrogen and oxygen atoms in total. The Morgan fingerprint density at radius 1 is 1.15 bits per heavy atom. The van der Waals surface area contributed by atoms with E-state index in [2.05, 4.69) is 29.0 Å². The average Bonchev–Trinajstić information content (AvgIpc) is 3.39. The van der Waals surface area contributed by atoms with E-state index >= 15 is 0 Å². The maximum absolute atomic E-state index is 12.7. The van der Waals surface area contributed by atoms with E-state index < -0.39 is 11.7 Å². The Labute approximate surface area is 169 Å². The zero-order valence-electron chi connectivity index (χ0n) is 14.3. The molecule has 7 heteroatoms. The molecular formula is C20H16ClN2O2S2+. The number of benzene rings is 1. The van der Waals surface area contributed by atoms with Crippen molar-refractivity contribution in [3.05, 3.63) is 73.1 Å². The highest BCUT2D eigenvalue weighted by Gasteiger charge is 2.41.